The summed E-state index contributed by atoms with van der Waals surface area (Å²) >= 11 is 11.1. The smallest absolute Gasteiger partial charge is 0.338 e. The number of carbonyl (C=O) groups is 1. The molecule has 0 atom stereocenters. The maximum absolute atomic E-state index is 12.7. The fourth-order valence-electron chi connectivity index (χ4n) is 1.27. The molecule has 0 aliphatic heterocycles. The van der Waals surface area contributed by atoms with Crippen LogP contribution in [0.1, 0.15) is 35.0 Å². The SMILES string of the molecule is CCOC(=O)c1cc(Cl)nc(C(F)F)c1CCl. The van der Waals surface area contributed by atoms with Gasteiger partial charge in [0.25, 0.3) is 6.43 Å². The van der Waals surface area contributed by atoms with Crippen molar-refractivity contribution in [3.8, 4) is 0 Å². The van der Waals surface area contributed by atoms with Crippen molar-refractivity contribution in [2.75, 3.05) is 6.61 Å². The van der Waals surface area contributed by atoms with Crippen LogP contribution in [0.4, 0.5) is 8.78 Å². The molecule has 0 saturated heterocycles. The number of hydrogen-bond acceptors (Lipinski definition) is 3. The van der Waals surface area contributed by atoms with Gasteiger partial charge in [0, 0.05) is 5.56 Å². The van der Waals surface area contributed by atoms with E-state index in [9.17, 15) is 13.6 Å². The van der Waals surface area contributed by atoms with Crippen LogP contribution in [-0.4, -0.2) is 17.6 Å². The zero-order chi connectivity index (χ0) is 13.0. The molecular formula is C10H9Cl2F2NO2. The highest BCUT2D eigenvalue weighted by molar-refractivity contribution is 6.29. The van der Waals surface area contributed by atoms with Crippen molar-refractivity contribution < 1.29 is 18.3 Å². The predicted molar refractivity (Wildman–Crippen MR) is 59.7 cm³/mol. The number of carbonyl (C=O) groups excluding carboxylic acids is 1. The third kappa shape index (κ3) is 3.26. The summed E-state index contributed by atoms with van der Waals surface area (Å²) in [5.41, 5.74) is -0.711. The molecule has 0 unspecified atom stereocenters. The van der Waals surface area contributed by atoms with E-state index in [1.54, 1.807) is 6.92 Å². The fraction of sp³-hybridized carbons (Fsp3) is 0.400. The molecule has 0 aliphatic carbocycles. The molecule has 1 heterocycles. The van der Waals surface area contributed by atoms with E-state index in [2.05, 4.69) is 4.98 Å². The molecule has 0 aliphatic rings. The van der Waals surface area contributed by atoms with Crippen LogP contribution in [-0.2, 0) is 10.6 Å². The van der Waals surface area contributed by atoms with Gasteiger partial charge >= 0.3 is 5.97 Å². The highest BCUT2D eigenvalue weighted by atomic mass is 35.5. The van der Waals surface area contributed by atoms with E-state index in [0.717, 1.165) is 0 Å². The molecule has 0 aromatic carbocycles. The summed E-state index contributed by atoms with van der Waals surface area (Å²) in [6.45, 7) is 1.74. The summed E-state index contributed by atoms with van der Waals surface area (Å²) in [5, 5.41) is -0.197. The molecule has 0 fully saturated rings. The molecule has 0 N–H and O–H groups in total. The van der Waals surface area contributed by atoms with Gasteiger partial charge in [-0.15, -0.1) is 11.6 Å². The summed E-state index contributed by atoms with van der Waals surface area (Å²) in [6, 6.07) is 1.17. The second-order valence-electron chi connectivity index (χ2n) is 3.01. The maximum Gasteiger partial charge on any atom is 0.338 e. The first-order valence-electron chi connectivity index (χ1n) is 4.71. The molecule has 1 rings (SSSR count). The summed E-state index contributed by atoms with van der Waals surface area (Å²) in [6.07, 6.45) is -2.85. The number of aromatic nitrogens is 1. The topological polar surface area (TPSA) is 39.2 Å². The Hall–Kier alpha value is -0.940. The van der Waals surface area contributed by atoms with E-state index in [4.69, 9.17) is 27.9 Å². The fourth-order valence-corrected chi connectivity index (χ4v) is 1.75. The number of pyridine rings is 1. The summed E-state index contributed by atoms with van der Waals surface area (Å²) < 4.78 is 30.1. The average molecular weight is 284 g/mol. The van der Waals surface area contributed by atoms with Crippen LogP contribution in [0.15, 0.2) is 6.07 Å². The molecule has 0 amide bonds. The van der Waals surface area contributed by atoms with Crippen LogP contribution < -0.4 is 0 Å². The Morgan fingerprint density at radius 2 is 2.24 bits per heavy atom. The highest BCUT2D eigenvalue weighted by Gasteiger charge is 2.23. The molecule has 0 saturated carbocycles. The van der Waals surface area contributed by atoms with Crippen molar-refractivity contribution in [1.29, 1.82) is 0 Å². The lowest BCUT2D eigenvalue weighted by Crippen LogP contribution is -2.11. The maximum atomic E-state index is 12.7. The van der Waals surface area contributed by atoms with E-state index < -0.39 is 18.1 Å². The van der Waals surface area contributed by atoms with Crippen LogP contribution in [0.25, 0.3) is 0 Å². The van der Waals surface area contributed by atoms with Crippen molar-refractivity contribution in [3.63, 3.8) is 0 Å². The summed E-state index contributed by atoms with van der Waals surface area (Å²) in [7, 11) is 0. The monoisotopic (exact) mass is 283 g/mol. The number of rotatable bonds is 4. The first-order chi connectivity index (χ1) is 8.01. The van der Waals surface area contributed by atoms with Crippen LogP contribution in [0, 0.1) is 0 Å². The van der Waals surface area contributed by atoms with Gasteiger partial charge in [-0.05, 0) is 13.0 Å². The molecule has 7 heteroatoms. The molecule has 0 radical (unpaired) electrons. The minimum Gasteiger partial charge on any atom is -0.462 e. The van der Waals surface area contributed by atoms with Crippen molar-refractivity contribution in [2.45, 2.75) is 19.2 Å². The molecule has 3 nitrogen and oxygen atoms in total. The van der Waals surface area contributed by atoms with Gasteiger partial charge in [0.1, 0.15) is 10.8 Å². The first-order valence-corrected chi connectivity index (χ1v) is 5.63. The van der Waals surface area contributed by atoms with Gasteiger partial charge < -0.3 is 4.74 Å². The summed E-state index contributed by atoms with van der Waals surface area (Å²) in [4.78, 5) is 15.0. The van der Waals surface area contributed by atoms with Crippen molar-refractivity contribution >= 4 is 29.2 Å². The Balaban J connectivity index is 3.32. The Kier molecular flexibility index (Phi) is 5.08. The minimum atomic E-state index is -2.85. The number of ether oxygens (including phenoxy) is 1. The lowest BCUT2D eigenvalue weighted by molar-refractivity contribution is 0.0524. The van der Waals surface area contributed by atoms with Gasteiger partial charge in [-0.3, -0.25) is 0 Å². The molecule has 1 aromatic heterocycles. The van der Waals surface area contributed by atoms with Gasteiger partial charge in [-0.1, -0.05) is 11.6 Å². The molecule has 0 bridgehead atoms. The zero-order valence-electron chi connectivity index (χ0n) is 8.84. The second kappa shape index (κ2) is 6.12. The number of hydrogen-bond donors (Lipinski definition) is 0. The van der Waals surface area contributed by atoms with Gasteiger partial charge in [0.05, 0.1) is 18.1 Å². The third-order valence-electron chi connectivity index (χ3n) is 1.96. The van der Waals surface area contributed by atoms with Crippen LogP contribution >= 0.6 is 23.2 Å². The van der Waals surface area contributed by atoms with E-state index in [0.29, 0.717) is 0 Å². The van der Waals surface area contributed by atoms with Crippen molar-refractivity contribution in [1.82, 2.24) is 4.98 Å². The Morgan fingerprint density at radius 1 is 1.59 bits per heavy atom. The highest BCUT2D eigenvalue weighted by Crippen LogP contribution is 2.28. The van der Waals surface area contributed by atoms with E-state index >= 15 is 0 Å². The molecule has 1 aromatic rings. The first kappa shape index (κ1) is 14.1. The molecule has 0 spiro atoms. The largest absolute Gasteiger partial charge is 0.462 e. The predicted octanol–water partition coefficient (Wildman–Crippen LogP) is 3.59. The van der Waals surface area contributed by atoms with Gasteiger partial charge in [-0.2, -0.15) is 0 Å². The number of esters is 1. The Labute approximate surface area is 107 Å². The van der Waals surface area contributed by atoms with Crippen LogP contribution in [0.2, 0.25) is 5.15 Å². The van der Waals surface area contributed by atoms with Crippen molar-refractivity contribution in [3.05, 3.63) is 28.0 Å². The molecule has 17 heavy (non-hydrogen) atoms. The second-order valence-corrected chi connectivity index (χ2v) is 3.67. The van der Waals surface area contributed by atoms with Crippen LogP contribution in [0.3, 0.4) is 0 Å². The van der Waals surface area contributed by atoms with E-state index in [1.807, 2.05) is 0 Å². The normalized spacial score (nSPS) is 10.7. The molecule has 94 valence electrons. The Bertz CT molecular complexity index is 427. The van der Waals surface area contributed by atoms with E-state index in [1.165, 1.54) is 6.07 Å². The lowest BCUT2D eigenvalue weighted by atomic mass is 10.1. The third-order valence-corrected chi connectivity index (χ3v) is 2.42. The van der Waals surface area contributed by atoms with Gasteiger partial charge in [0.2, 0.25) is 0 Å². The number of nitrogens with zero attached hydrogens (tertiary/aromatic N) is 1. The Morgan fingerprint density at radius 3 is 2.71 bits per heavy atom. The number of alkyl halides is 3. The molecular weight excluding hydrogens is 275 g/mol. The lowest BCUT2D eigenvalue weighted by Gasteiger charge is -2.11. The average Bonchev–Trinajstić information content (AvgIpc) is 2.28. The van der Waals surface area contributed by atoms with Gasteiger partial charge in [0.15, 0.2) is 0 Å². The number of halogens is 4. The standard InChI is InChI=1S/C10H9Cl2F2NO2/c1-2-17-10(16)5-3-7(12)15-8(9(13)14)6(5)4-11/h3,9H,2,4H2,1H3. The quantitative estimate of drug-likeness (QED) is 0.482. The summed E-state index contributed by atoms with van der Waals surface area (Å²) in [5.74, 6) is -1.01. The van der Waals surface area contributed by atoms with Gasteiger partial charge in [-0.25, -0.2) is 18.6 Å². The van der Waals surface area contributed by atoms with E-state index in [-0.39, 0.29) is 28.8 Å². The van der Waals surface area contributed by atoms with Crippen LogP contribution in [0.5, 0.6) is 0 Å². The minimum absolute atomic E-state index is 0.0514. The van der Waals surface area contributed by atoms with Crippen molar-refractivity contribution in [2.24, 2.45) is 0 Å². The zero-order valence-corrected chi connectivity index (χ0v) is 10.4.